The summed E-state index contributed by atoms with van der Waals surface area (Å²) in [5, 5.41) is 28.1. The quantitative estimate of drug-likeness (QED) is 0.801. The Morgan fingerprint density at radius 2 is 1.91 bits per heavy atom. The summed E-state index contributed by atoms with van der Waals surface area (Å²) in [6, 6.07) is 9.42. The molecule has 2 N–H and O–H groups in total. The van der Waals surface area contributed by atoms with Crippen molar-refractivity contribution in [3.63, 3.8) is 0 Å². The lowest BCUT2D eigenvalue weighted by Crippen LogP contribution is -2.41. The fourth-order valence-electron chi connectivity index (χ4n) is 3.12. The number of benzene rings is 1. The van der Waals surface area contributed by atoms with Gasteiger partial charge in [0, 0.05) is 19.2 Å². The SMILES string of the molecule is CN(CC(O)COc1ccc(C#N)cc1)C1CCC(CO)CC1. The molecule has 0 saturated heterocycles. The van der Waals surface area contributed by atoms with Crippen LogP contribution in [0.5, 0.6) is 5.75 Å². The van der Waals surface area contributed by atoms with Crippen LogP contribution in [-0.2, 0) is 0 Å². The first-order valence-electron chi connectivity index (χ1n) is 8.24. The van der Waals surface area contributed by atoms with Gasteiger partial charge >= 0.3 is 0 Å². The molecule has 2 rings (SSSR count). The topological polar surface area (TPSA) is 76.7 Å². The smallest absolute Gasteiger partial charge is 0.119 e. The lowest BCUT2D eigenvalue weighted by molar-refractivity contribution is 0.0488. The van der Waals surface area contributed by atoms with Crippen molar-refractivity contribution in [2.75, 3.05) is 26.8 Å². The van der Waals surface area contributed by atoms with Crippen LogP contribution in [0.1, 0.15) is 31.2 Å². The molecule has 1 unspecified atom stereocenters. The predicted octanol–water partition coefficient (Wildman–Crippen LogP) is 1.78. The average Bonchev–Trinajstić information content (AvgIpc) is 2.60. The van der Waals surface area contributed by atoms with Crippen molar-refractivity contribution in [1.82, 2.24) is 4.90 Å². The molecule has 1 aromatic rings. The Bertz CT molecular complexity index is 504. The molecule has 0 spiro atoms. The molecule has 0 aromatic heterocycles. The molecule has 1 aliphatic rings. The molecule has 5 heteroatoms. The van der Waals surface area contributed by atoms with Crippen LogP contribution in [0.2, 0.25) is 0 Å². The minimum absolute atomic E-state index is 0.238. The number of rotatable bonds is 7. The van der Waals surface area contributed by atoms with E-state index in [-0.39, 0.29) is 13.2 Å². The number of aliphatic hydroxyl groups excluding tert-OH is 2. The molecule has 1 saturated carbocycles. The van der Waals surface area contributed by atoms with Crippen LogP contribution >= 0.6 is 0 Å². The maximum atomic E-state index is 10.2. The molecule has 1 fully saturated rings. The average molecular weight is 318 g/mol. The van der Waals surface area contributed by atoms with Gasteiger partial charge in [-0.2, -0.15) is 5.26 Å². The maximum absolute atomic E-state index is 10.2. The molecule has 1 aromatic carbocycles. The summed E-state index contributed by atoms with van der Waals surface area (Å²) in [4.78, 5) is 2.19. The molecular formula is C18H26N2O3. The molecule has 0 amide bonds. The monoisotopic (exact) mass is 318 g/mol. The summed E-state index contributed by atoms with van der Waals surface area (Å²) in [6.07, 6.45) is 3.72. The van der Waals surface area contributed by atoms with Gasteiger partial charge in [0.15, 0.2) is 0 Å². The van der Waals surface area contributed by atoms with Crippen molar-refractivity contribution >= 4 is 0 Å². The van der Waals surface area contributed by atoms with E-state index in [1.165, 1.54) is 0 Å². The number of likely N-dealkylation sites (N-methyl/N-ethyl adjacent to an activating group) is 1. The lowest BCUT2D eigenvalue weighted by Gasteiger charge is -2.35. The Morgan fingerprint density at radius 3 is 2.48 bits per heavy atom. The minimum atomic E-state index is -0.550. The van der Waals surface area contributed by atoms with E-state index >= 15 is 0 Å². The van der Waals surface area contributed by atoms with Gasteiger partial charge in [0.05, 0.1) is 11.6 Å². The Morgan fingerprint density at radius 1 is 1.26 bits per heavy atom. The summed E-state index contributed by atoms with van der Waals surface area (Å²) in [6.45, 7) is 1.10. The fraction of sp³-hybridized carbons (Fsp3) is 0.611. The second kappa shape index (κ2) is 8.88. The van der Waals surface area contributed by atoms with Crippen molar-refractivity contribution in [2.24, 2.45) is 5.92 Å². The molecule has 5 nitrogen and oxygen atoms in total. The van der Waals surface area contributed by atoms with E-state index in [1.807, 2.05) is 7.05 Å². The Kier molecular flexibility index (Phi) is 6.85. The van der Waals surface area contributed by atoms with Crippen molar-refractivity contribution < 1.29 is 14.9 Å². The molecule has 1 atom stereocenters. The molecule has 0 bridgehead atoms. The lowest BCUT2D eigenvalue weighted by atomic mass is 9.86. The second-order valence-corrected chi connectivity index (χ2v) is 6.40. The van der Waals surface area contributed by atoms with Crippen molar-refractivity contribution in [2.45, 2.75) is 37.8 Å². The van der Waals surface area contributed by atoms with Crippen molar-refractivity contribution in [1.29, 1.82) is 5.26 Å². The highest BCUT2D eigenvalue weighted by molar-refractivity contribution is 5.34. The Hall–Kier alpha value is -1.61. The van der Waals surface area contributed by atoms with E-state index < -0.39 is 6.10 Å². The molecule has 0 radical (unpaired) electrons. The van der Waals surface area contributed by atoms with E-state index in [9.17, 15) is 10.2 Å². The van der Waals surface area contributed by atoms with Gasteiger partial charge in [0.1, 0.15) is 18.5 Å². The van der Waals surface area contributed by atoms with Gasteiger partial charge in [0.25, 0.3) is 0 Å². The van der Waals surface area contributed by atoms with Gasteiger partial charge in [0.2, 0.25) is 0 Å². The number of aliphatic hydroxyl groups is 2. The van der Waals surface area contributed by atoms with Crippen LogP contribution in [0.4, 0.5) is 0 Å². The van der Waals surface area contributed by atoms with Gasteiger partial charge in [-0.25, -0.2) is 0 Å². The summed E-state index contributed by atoms with van der Waals surface area (Å²) >= 11 is 0. The van der Waals surface area contributed by atoms with Crippen molar-refractivity contribution in [3.05, 3.63) is 29.8 Å². The number of hydrogen-bond donors (Lipinski definition) is 2. The van der Waals surface area contributed by atoms with Gasteiger partial charge < -0.3 is 19.8 Å². The Balaban J connectivity index is 1.71. The minimum Gasteiger partial charge on any atom is -0.491 e. The van der Waals surface area contributed by atoms with Crippen molar-refractivity contribution in [3.8, 4) is 11.8 Å². The van der Waals surface area contributed by atoms with Crippen LogP contribution < -0.4 is 4.74 Å². The maximum Gasteiger partial charge on any atom is 0.119 e. The molecule has 23 heavy (non-hydrogen) atoms. The highest BCUT2D eigenvalue weighted by Crippen LogP contribution is 2.26. The van der Waals surface area contributed by atoms with Gasteiger partial charge in [-0.1, -0.05) is 0 Å². The Labute approximate surface area is 138 Å². The fourth-order valence-corrected chi connectivity index (χ4v) is 3.12. The summed E-state index contributed by atoms with van der Waals surface area (Å²) in [5.74, 6) is 1.11. The van der Waals surface area contributed by atoms with Gasteiger partial charge in [-0.15, -0.1) is 0 Å². The summed E-state index contributed by atoms with van der Waals surface area (Å²) in [7, 11) is 2.04. The largest absolute Gasteiger partial charge is 0.491 e. The normalized spacial score (nSPS) is 22.6. The highest BCUT2D eigenvalue weighted by Gasteiger charge is 2.24. The molecule has 126 valence electrons. The number of hydrogen-bond acceptors (Lipinski definition) is 5. The number of nitriles is 1. The van der Waals surface area contributed by atoms with Crippen LogP contribution in [0, 0.1) is 17.2 Å². The van der Waals surface area contributed by atoms with E-state index in [4.69, 9.17) is 10.00 Å². The zero-order valence-electron chi connectivity index (χ0n) is 13.7. The standard InChI is InChI=1S/C18H26N2O3/c1-20(16-6-2-15(12-21)3-7-16)11-17(22)13-23-18-8-4-14(10-19)5-9-18/h4-5,8-9,15-17,21-22H,2-3,6-7,11-13H2,1H3. The molecule has 0 aliphatic heterocycles. The molecule has 1 aliphatic carbocycles. The third-order valence-corrected chi connectivity index (χ3v) is 4.62. The number of nitrogens with zero attached hydrogens (tertiary/aromatic N) is 2. The first kappa shape index (κ1) is 17.7. The van der Waals surface area contributed by atoms with Crippen LogP contribution in [0.15, 0.2) is 24.3 Å². The first-order chi connectivity index (χ1) is 11.1. The zero-order valence-corrected chi connectivity index (χ0v) is 13.7. The third-order valence-electron chi connectivity index (χ3n) is 4.62. The third kappa shape index (κ3) is 5.51. The van der Waals surface area contributed by atoms with E-state index in [2.05, 4.69) is 11.0 Å². The first-order valence-corrected chi connectivity index (χ1v) is 8.24. The predicted molar refractivity (Wildman–Crippen MR) is 88.1 cm³/mol. The second-order valence-electron chi connectivity index (χ2n) is 6.40. The van der Waals surface area contributed by atoms with E-state index in [0.29, 0.717) is 29.8 Å². The summed E-state index contributed by atoms with van der Waals surface area (Å²) < 4.78 is 5.57. The van der Waals surface area contributed by atoms with E-state index in [0.717, 1.165) is 25.7 Å². The van der Waals surface area contributed by atoms with Crippen LogP contribution in [0.3, 0.4) is 0 Å². The van der Waals surface area contributed by atoms with Crippen LogP contribution in [-0.4, -0.2) is 54.1 Å². The number of ether oxygens (including phenoxy) is 1. The highest BCUT2D eigenvalue weighted by atomic mass is 16.5. The molecular weight excluding hydrogens is 292 g/mol. The molecule has 0 heterocycles. The van der Waals surface area contributed by atoms with Gasteiger partial charge in [-0.3, -0.25) is 0 Å². The zero-order chi connectivity index (χ0) is 16.7. The van der Waals surface area contributed by atoms with E-state index in [1.54, 1.807) is 24.3 Å². The van der Waals surface area contributed by atoms with Crippen LogP contribution in [0.25, 0.3) is 0 Å². The van der Waals surface area contributed by atoms with Gasteiger partial charge in [-0.05, 0) is 62.9 Å². The summed E-state index contributed by atoms with van der Waals surface area (Å²) in [5.41, 5.74) is 0.594.